The number of nitrogens with zero attached hydrogens (tertiary/aromatic N) is 3. The van der Waals surface area contributed by atoms with Gasteiger partial charge in [0.25, 0.3) is 0 Å². The van der Waals surface area contributed by atoms with E-state index < -0.39 is 0 Å². The third-order valence-electron chi connectivity index (χ3n) is 1.91. The lowest BCUT2D eigenvalue weighted by Crippen LogP contribution is -2.01. The van der Waals surface area contributed by atoms with E-state index in [9.17, 15) is 0 Å². The number of ether oxygens (including phenoxy) is 1. The number of halogens is 3. The molecule has 0 saturated heterocycles. The fourth-order valence-electron chi connectivity index (χ4n) is 1.14. The average Bonchev–Trinajstić information content (AvgIpc) is 2.33. The van der Waals surface area contributed by atoms with Gasteiger partial charge in [-0.3, -0.25) is 0 Å². The maximum absolute atomic E-state index is 5.96. The molecular formula is C10H7Cl3N4O. The van der Waals surface area contributed by atoms with E-state index in [4.69, 9.17) is 39.5 Å². The molecule has 0 radical (unpaired) electrons. The van der Waals surface area contributed by atoms with E-state index in [0.717, 1.165) is 0 Å². The number of aromatic nitrogens is 3. The van der Waals surface area contributed by atoms with Crippen LogP contribution in [0.1, 0.15) is 0 Å². The molecule has 1 N–H and O–H groups in total. The van der Waals surface area contributed by atoms with Crippen molar-refractivity contribution in [2.45, 2.75) is 0 Å². The second-order valence-electron chi connectivity index (χ2n) is 3.14. The van der Waals surface area contributed by atoms with Crippen LogP contribution in [0, 0.1) is 0 Å². The fourth-order valence-corrected chi connectivity index (χ4v) is 1.61. The van der Waals surface area contributed by atoms with Crippen LogP contribution in [0.2, 0.25) is 15.3 Å². The van der Waals surface area contributed by atoms with Crippen LogP contribution in [0.5, 0.6) is 11.8 Å². The summed E-state index contributed by atoms with van der Waals surface area (Å²) in [7, 11) is 1.65. The lowest BCUT2D eigenvalue weighted by molar-refractivity contribution is 0.441. The second kappa shape index (κ2) is 5.56. The summed E-state index contributed by atoms with van der Waals surface area (Å²) in [6, 6.07) is 4.85. The van der Waals surface area contributed by atoms with E-state index in [0.29, 0.717) is 21.7 Å². The number of benzene rings is 1. The zero-order valence-electron chi connectivity index (χ0n) is 9.12. The number of rotatable bonds is 3. The average molecular weight is 306 g/mol. The Hall–Kier alpha value is -1.30. The molecule has 8 heteroatoms. The van der Waals surface area contributed by atoms with Gasteiger partial charge < -0.3 is 10.1 Å². The lowest BCUT2D eigenvalue weighted by atomic mass is 10.3. The van der Waals surface area contributed by atoms with Crippen LogP contribution < -0.4 is 10.1 Å². The van der Waals surface area contributed by atoms with Gasteiger partial charge >= 0.3 is 6.01 Å². The van der Waals surface area contributed by atoms with Gasteiger partial charge in [-0.15, -0.1) is 0 Å². The predicted octanol–water partition coefficient (Wildman–Crippen LogP) is 3.67. The van der Waals surface area contributed by atoms with Crippen molar-refractivity contribution in [3.63, 3.8) is 0 Å². The van der Waals surface area contributed by atoms with Crippen molar-refractivity contribution in [1.29, 1.82) is 0 Å². The first-order valence-electron chi connectivity index (χ1n) is 4.80. The number of hydrogen-bond acceptors (Lipinski definition) is 5. The number of nitrogens with one attached hydrogen (secondary N) is 1. The molecule has 0 aliphatic carbocycles. The van der Waals surface area contributed by atoms with Gasteiger partial charge in [0.1, 0.15) is 0 Å². The van der Waals surface area contributed by atoms with Crippen molar-refractivity contribution >= 4 is 40.8 Å². The van der Waals surface area contributed by atoms with Crippen LogP contribution in [-0.2, 0) is 0 Å². The molecule has 0 aliphatic rings. The van der Waals surface area contributed by atoms with Crippen molar-refractivity contribution in [1.82, 2.24) is 15.0 Å². The topological polar surface area (TPSA) is 59.9 Å². The molecule has 94 valence electrons. The molecule has 1 aromatic carbocycles. The van der Waals surface area contributed by atoms with E-state index in [2.05, 4.69) is 20.3 Å². The molecule has 1 heterocycles. The highest BCUT2D eigenvalue weighted by atomic mass is 35.5. The lowest BCUT2D eigenvalue weighted by Gasteiger charge is -2.07. The summed E-state index contributed by atoms with van der Waals surface area (Å²) in [5.74, 6) is 0.636. The first-order valence-corrected chi connectivity index (χ1v) is 5.94. The van der Waals surface area contributed by atoms with Gasteiger partial charge in [-0.05, 0) is 23.7 Å². The van der Waals surface area contributed by atoms with Crippen LogP contribution in [0.3, 0.4) is 0 Å². The minimum atomic E-state index is 0.0162. The molecular weight excluding hydrogens is 298 g/mol. The van der Waals surface area contributed by atoms with Crippen molar-refractivity contribution in [3.05, 3.63) is 33.5 Å². The third kappa shape index (κ3) is 3.13. The Kier molecular flexibility index (Phi) is 4.06. The van der Waals surface area contributed by atoms with Gasteiger partial charge in [-0.1, -0.05) is 23.2 Å². The SMILES string of the molecule is CNc1nc(Cl)nc(Oc2cc(Cl)ccc2Cl)n1. The zero-order chi connectivity index (χ0) is 13.1. The fraction of sp³-hybridized carbons (Fsp3) is 0.100. The molecule has 0 atom stereocenters. The quantitative estimate of drug-likeness (QED) is 0.937. The Balaban J connectivity index is 2.33. The van der Waals surface area contributed by atoms with E-state index in [1.165, 1.54) is 0 Å². The highest BCUT2D eigenvalue weighted by molar-refractivity contribution is 6.34. The smallest absolute Gasteiger partial charge is 0.328 e. The monoisotopic (exact) mass is 304 g/mol. The van der Waals surface area contributed by atoms with E-state index in [1.807, 2.05) is 0 Å². The van der Waals surface area contributed by atoms with Crippen LogP contribution >= 0.6 is 34.8 Å². The summed E-state index contributed by atoms with van der Waals surface area (Å²) in [6.45, 7) is 0. The maximum atomic E-state index is 5.96. The Morgan fingerprint density at radius 3 is 2.61 bits per heavy atom. The van der Waals surface area contributed by atoms with Crippen molar-refractivity contribution in [3.8, 4) is 11.8 Å². The van der Waals surface area contributed by atoms with Gasteiger partial charge in [0.15, 0.2) is 5.75 Å². The summed E-state index contributed by atoms with van der Waals surface area (Å²) in [5, 5.41) is 3.63. The van der Waals surface area contributed by atoms with Gasteiger partial charge in [-0.25, -0.2) is 0 Å². The Morgan fingerprint density at radius 1 is 1.11 bits per heavy atom. The summed E-state index contributed by atoms with van der Waals surface area (Å²) in [5.41, 5.74) is 0. The van der Waals surface area contributed by atoms with Crippen LogP contribution in [0.4, 0.5) is 5.95 Å². The molecule has 0 saturated carbocycles. The van der Waals surface area contributed by atoms with Crippen LogP contribution in [-0.4, -0.2) is 22.0 Å². The predicted molar refractivity (Wildman–Crippen MR) is 70.9 cm³/mol. The maximum Gasteiger partial charge on any atom is 0.328 e. The molecule has 2 rings (SSSR count). The molecule has 0 amide bonds. The van der Waals surface area contributed by atoms with E-state index >= 15 is 0 Å². The molecule has 18 heavy (non-hydrogen) atoms. The van der Waals surface area contributed by atoms with Gasteiger partial charge in [0, 0.05) is 18.1 Å². The van der Waals surface area contributed by atoms with Gasteiger partial charge in [-0.2, -0.15) is 15.0 Å². The molecule has 5 nitrogen and oxygen atoms in total. The molecule has 0 bridgehead atoms. The minimum absolute atomic E-state index is 0.0162. The van der Waals surface area contributed by atoms with Gasteiger partial charge in [0.2, 0.25) is 11.2 Å². The summed E-state index contributed by atoms with van der Waals surface area (Å²) in [6.07, 6.45) is 0. The Bertz CT molecular complexity index is 579. The Labute approximate surface area is 118 Å². The van der Waals surface area contributed by atoms with Crippen LogP contribution in [0.15, 0.2) is 18.2 Å². The highest BCUT2D eigenvalue weighted by Crippen LogP contribution is 2.30. The van der Waals surface area contributed by atoms with E-state index in [1.54, 1.807) is 25.2 Å². The van der Waals surface area contributed by atoms with Gasteiger partial charge in [0.05, 0.1) is 5.02 Å². The zero-order valence-corrected chi connectivity index (χ0v) is 11.4. The molecule has 0 spiro atoms. The standard InChI is InChI=1S/C10H7Cl3N4O/c1-14-9-15-8(13)16-10(17-9)18-7-4-5(11)2-3-6(7)12/h2-4H,1H3,(H,14,15,16,17). The third-order valence-corrected chi connectivity index (χ3v) is 2.62. The molecule has 0 unspecified atom stereocenters. The van der Waals surface area contributed by atoms with Crippen molar-refractivity contribution in [2.75, 3.05) is 12.4 Å². The molecule has 0 fully saturated rings. The molecule has 1 aromatic heterocycles. The summed E-state index contributed by atoms with van der Waals surface area (Å²) >= 11 is 17.5. The summed E-state index contributed by atoms with van der Waals surface area (Å²) in [4.78, 5) is 11.6. The minimum Gasteiger partial charge on any atom is -0.422 e. The normalized spacial score (nSPS) is 10.2. The largest absolute Gasteiger partial charge is 0.422 e. The first kappa shape index (κ1) is 13.1. The number of hydrogen-bond donors (Lipinski definition) is 1. The van der Waals surface area contributed by atoms with Crippen molar-refractivity contribution in [2.24, 2.45) is 0 Å². The highest BCUT2D eigenvalue weighted by Gasteiger charge is 2.09. The van der Waals surface area contributed by atoms with E-state index in [-0.39, 0.29) is 11.3 Å². The Morgan fingerprint density at radius 2 is 1.89 bits per heavy atom. The first-order chi connectivity index (χ1) is 8.58. The number of anilines is 1. The molecule has 2 aromatic rings. The second-order valence-corrected chi connectivity index (χ2v) is 4.32. The van der Waals surface area contributed by atoms with Crippen LogP contribution in [0.25, 0.3) is 0 Å². The molecule has 0 aliphatic heterocycles. The summed E-state index contributed by atoms with van der Waals surface area (Å²) < 4.78 is 5.41. The van der Waals surface area contributed by atoms with Crippen molar-refractivity contribution < 1.29 is 4.74 Å².